The molecular weight excluding hydrogens is 430 g/mol. The molecule has 6 nitrogen and oxygen atoms in total. The molecule has 4 aromatic rings. The fourth-order valence-corrected chi connectivity index (χ4v) is 5.13. The molecule has 158 valence electrons. The molecule has 0 unspecified atom stereocenters. The van der Waals surface area contributed by atoms with Gasteiger partial charge in [-0.2, -0.15) is 0 Å². The summed E-state index contributed by atoms with van der Waals surface area (Å²) >= 11 is 0. The second kappa shape index (κ2) is 10.8. The minimum atomic E-state index is -4.28. The lowest BCUT2D eigenvalue weighted by molar-refractivity contribution is 0.463. The fourth-order valence-electron chi connectivity index (χ4n) is 2.70. The lowest BCUT2D eigenvalue weighted by atomic mass is 10.2. The highest BCUT2D eigenvalue weighted by atomic mass is 32.2. The van der Waals surface area contributed by atoms with Crippen LogP contribution in [-0.2, 0) is 27.4 Å². The van der Waals surface area contributed by atoms with Crippen molar-refractivity contribution in [3.63, 3.8) is 0 Å². The van der Waals surface area contributed by atoms with E-state index in [0.717, 1.165) is 12.0 Å². The van der Waals surface area contributed by atoms with Crippen molar-refractivity contribution in [2.45, 2.75) is 32.9 Å². The summed E-state index contributed by atoms with van der Waals surface area (Å²) in [4.78, 5) is 16.0. The van der Waals surface area contributed by atoms with Crippen LogP contribution in [0, 0.1) is 0 Å². The third-order valence-corrected chi connectivity index (χ3v) is 7.22. The van der Waals surface area contributed by atoms with E-state index in [-0.39, 0.29) is 15.8 Å². The number of rotatable bonds is 5. The van der Waals surface area contributed by atoms with E-state index in [9.17, 15) is 13.0 Å². The molecule has 0 aliphatic heterocycles. The van der Waals surface area contributed by atoms with Crippen LogP contribution in [0.4, 0.5) is 0 Å². The minimum absolute atomic E-state index is 0.167. The highest BCUT2D eigenvalue weighted by Crippen LogP contribution is 2.29. The molecule has 0 spiro atoms. The maximum Gasteiger partial charge on any atom is 0.184 e. The summed E-state index contributed by atoms with van der Waals surface area (Å²) in [6.07, 6.45) is 11.9. The number of pyridine rings is 3. The maximum absolute atomic E-state index is 10.5. The van der Waals surface area contributed by atoms with Gasteiger partial charge in [-0.05, 0) is 60.5 Å². The third kappa shape index (κ3) is 6.45. The highest BCUT2D eigenvalue weighted by molar-refractivity contribution is 7.97. The van der Waals surface area contributed by atoms with Crippen molar-refractivity contribution < 1.29 is 13.0 Å². The molecule has 0 aliphatic rings. The molecule has 0 saturated heterocycles. The van der Waals surface area contributed by atoms with E-state index in [1.54, 1.807) is 30.7 Å². The Hall–Kier alpha value is -3.07. The van der Waals surface area contributed by atoms with Crippen LogP contribution < -0.4 is 0 Å². The zero-order valence-electron chi connectivity index (χ0n) is 16.8. The lowest BCUT2D eigenvalue weighted by Crippen LogP contribution is -2.05. The van der Waals surface area contributed by atoms with Crippen molar-refractivity contribution in [1.82, 2.24) is 15.0 Å². The van der Waals surface area contributed by atoms with Gasteiger partial charge in [0.05, 0.1) is 23.5 Å². The second-order valence-electron chi connectivity index (χ2n) is 6.32. The van der Waals surface area contributed by atoms with E-state index >= 15 is 0 Å². The smallest absolute Gasteiger partial charge is 0.184 e. The molecule has 0 fully saturated rings. The first-order valence-electron chi connectivity index (χ1n) is 9.48. The number of aryl methyl sites for hydroxylation is 1. The number of hydrogen-bond donors (Lipinski definition) is 0. The quantitative estimate of drug-likeness (QED) is 0.335. The van der Waals surface area contributed by atoms with Crippen LogP contribution in [0.3, 0.4) is 0 Å². The summed E-state index contributed by atoms with van der Waals surface area (Å²) in [5.41, 5.74) is 1.02. The third-order valence-electron chi connectivity index (χ3n) is 4.23. The number of benzene rings is 1. The van der Waals surface area contributed by atoms with E-state index in [4.69, 9.17) is 0 Å². The second-order valence-corrected chi connectivity index (χ2v) is 9.73. The minimum Gasteiger partial charge on any atom is -0.744 e. The predicted octanol–water partition coefficient (Wildman–Crippen LogP) is 4.12. The van der Waals surface area contributed by atoms with Crippen LogP contribution in [0.2, 0.25) is 0 Å². The number of aromatic nitrogens is 3. The van der Waals surface area contributed by atoms with E-state index < -0.39 is 10.1 Å². The van der Waals surface area contributed by atoms with Gasteiger partial charge in [0, 0.05) is 18.6 Å². The van der Waals surface area contributed by atoms with Gasteiger partial charge < -0.3 is 4.55 Å². The van der Waals surface area contributed by atoms with Crippen LogP contribution in [0.15, 0.2) is 117 Å². The molecule has 4 rings (SSSR count). The summed E-state index contributed by atoms with van der Waals surface area (Å²) in [6.45, 7) is 1.96. The molecule has 0 saturated carbocycles. The van der Waals surface area contributed by atoms with Gasteiger partial charge in [-0.25, -0.2) is 8.42 Å². The van der Waals surface area contributed by atoms with Gasteiger partial charge >= 0.3 is 0 Å². The van der Waals surface area contributed by atoms with Gasteiger partial charge in [0.2, 0.25) is 0 Å². The first-order valence-corrected chi connectivity index (χ1v) is 12.1. The zero-order valence-corrected chi connectivity index (χ0v) is 18.5. The van der Waals surface area contributed by atoms with E-state index in [2.05, 4.69) is 33.2 Å². The van der Waals surface area contributed by atoms with E-state index in [1.807, 2.05) is 43.7 Å². The monoisotopic (exact) mass is 451 g/mol. The molecule has 0 radical (unpaired) electrons. The van der Waals surface area contributed by atoms with Gasteiger partial charge in [0.1, 0.15) is 21.0 Å². The van der Waals surface area contributed by atoms with E-state index in [1.165, 1.54) is 26.8 Å². The normalized spacial score (nSPS) is 10.9. The zero-order chi connectivity index (χ0) is 22.1. The number of hydrogen-bond acceptors (Lipinski definition) is 6. The Labute approximate surface area is 185 Å². The summed E-state index contributed by atoms with van der Waals surface area (Å²) in [6, 6.07) is 18.1. The highest BCUT2D eigenvalue weighted by Gasteiger charge is 2.29. The standard InChI is InChI=1S/C15H12N3S.C8H10O3S/c1-4-13(10-16-7-1)19(14-5-2-8-17-11-14)15-6-3-9-18-12-15;1-2-7-3-5-8(6-4-7)12(9,10)11/h1-12H;3-6H,2H2,1H3,(H,9,10,11)/q+1;/p-1. The fraction of sp³-hybridized carbons (Fsp3) is 0.0870. The van der Waals surface area contributed by atoms with Crippen molar-refractivity contribution in [3.8, 4) is 0 Å². The first-order chi connectivity index (χ1) is 15.0. The van der Waals surface area contributed by atoms with Crippen LogP contribution in [0.1, 0.15) is 12.5 Å². The van der Waals surface area contributed by atoms with Crippen molar-refractivity contribution in [2.24, 2.45) is 0 Å². The van der Waals surface area contributed by atoms with Crippen LogP contribution >= 0.6 is 0 Å². The Morgan fingerprint density at radius 3 is 1.45 bits per heavy atom. The summed E-state index contributed by atoms with van der Waals surface area (Å²) in [5, 5.41) is 0. The average Bonchev–Trinajstić information content (AvgIpc) is 2.81. The Morgan fingerprint density at radius 1 is 0.742 bits per heavy atom. The summed E-state index contributed by atoms with van der Waals surface area (Å²) < 4.78 is 31.4. The molecule has 0 amide bonds. The Morgan fingerprint density at radius 2 is 1.16 bits per heavy atom. The van der Waals surface area contributed by atoms with Gasteiger partial charge in [0.25, 0.3) is 0 Å². The van der Waals surface area contributed by atoms with E-state index in [0.29, 0.717) is 0 Å². The van der Waals surface area contributed by atoms with Gasteiger partial charge in [0.15, 0.2) is 14.7 Å². The summed E-state index contributed by atoms with van der Waals surface area (Å²) in [5.74, 6) is 0. The largest absolute Gasteiger partial charge is 0.744 e. The molecule has 0 atom stereocenters. The molecule has 0 bridgehead atoms. The Bertz CT molecular complexity index is 1080. The molecule has 31 heavy (non-hydrogen) atoms. The maximum atomic E-state index is 10.5. The molecule has 3 aromatic heterocycles. The molecule has 0 N–H and O–H groups in total. The lowest BCUT2D eigenvalue weighted by Gasteiger charge is -2.06. The topological polar surface area (TPSA) is 95.9 Å². The van der Waals surface area contributed by atoms with Crippen LogP contribution in [0.25, 0.3) is 0 Å². The predicted molar refractivity (Wildman–Crippen MR) is 119 cm³/mol. The van der Waals surface area contributed by atoms with Crippen LogP contribution in [-0.4, -0.2) is 27.9 Å². The van der Waals surface area contributed by atoms with Crippen molar-refractivity contribution >= 4 is 21.0 Å². The Kier molecular flexibility index (Phi) is 7.88. The van der Waals surface area contributed by atoms with Crippen molar-refractivity contribution in [2.75, 3.05) is 0 Å². The van der Waals surface area contributed by atoms with Gasteiger partial charge in [-0.1, -0.05) is 19.1 Å². The molecular formula is C23H21N3O3S2. The number of nitrogens with zero attached hydrogens (tertiary/aromatic N) is 3. The van der Waals surface area contributed by atoms with Crippen LogP contribution in [0.5, 0.6) is 0 Å². The Balaban J connectivity index is 0.000000196. The van der Waals surface area contributed by atoms with Crippen molar-refractivity contribution in [3.05, 3.63) is 103 Å². The molecule has 1 aromatic carbocycles. The molecule has 3 heterocycles. The van der Waals surface area contributed by atoms with Gasteiger partial charge in [-0.15, -0.1) is 0 Å². The SMILES string of the molecule is CCc1ccc(S(=O)(=O)[O-])cc1.c1cncc([S+](c2cccnc2)c2cccnc2)c1. The summed E-state index contributed by atoms with van der Waals surface area (Å²) in [7, 11) is -4.48. The first kappa shape index (κ1) is 22.6. The molecule has 0 aliphatic carbocycles. The van der Waals surface area contributed by atoms with Gasteiger partial charge in [-0.3, -0.25) is 15.0 Å². The van der Waals surface area contributed by atoms with Crippen molar-refractivity contribution in [1.29, 1.82) is 0 Å². The molecule has 8 heteroatoms. The average molecular weight is 452 g/mol.